The average Bonchev–Trinajstić information content (AvgIpc) is 0.791. The van der Waals surface area contributed by atoms with E-state index in [-0.39, 0.29) is 32.5 Å². The molecular formula is C99H117N9O3. The van der Waals surface area contributed by atoms with Crippen molar-refractivity contribution in [1.82, 2.24) is 0 Å². The molecule has 12 heteroatoms. The second kappa shape index (κ2) is 35.3. The average molecular weight is 1480 g/mol. The number of phenols is 3. The molecule has 0 saturated carbocycles. The molecule has 0 aliphatic carbocycles. The van der Waals surface area contributed by atoms with Crippen LogP contribution in [0.15, 0.2) is 273 Å². The van der Waals surface area contributed by atoms with E-state index in [0.717, 1.165) is 124 Å². The van der Waals surface area contributed by atoms with Crippen LogP contribution in [0.3, 0.4) is 0 Å². The van der Waals surface area contributed by atoms with Gasteiger partial charge >= 0.3 is 0 Å². The van der Waals surface area contributed by atoms with Gasteiger partial charge in [0.05, 0.1) is 0 Å². The van der Waals surface area contributed by atoms with Crippen molar-refractivity contribution in [1.29, 1.82) is 0 Å². The van der Waals surface area contributed by atoms with Crippen molar-refractivity contribution < 1.29 is 15.3 Å². The summed E-state index contributed by atoms with van der Waals surface area (Å²) in [6.45, 7) is 40.7. The van der Waals surface area contributed by atoms with Gasteiger partial charge < -0.3 is 63.2 Å². The molecule has 111 heavy (non-hydrogen) atoms. The fourth-order valence-electron chi connectivity index (χ4n) is 12.9. The lowest BCUT2D eigenvalue weighted by atomic mass is 9.78. The first kappa shape index (κ1) is 81.8. The Balaban J connectivity index is 0.000000180. The fourth-order valence-corrected chi connectivity index (χ4v) is 12.9. The van der Waals surface area contributed by atoms with Crippen LogP contribution in [0.5, 0.6) is 17.2 Å². The zero-order chi connectivity index (χ0) is 79.9. The number of benzene rings is 12. The predicted octanol–water partition coefficient (Wildman–Crippen LogP) is 27.3. The Morgan fingerprint density at radius 1 is 0.180 bits per heavy atom. The molecule has 0 spiro atoms. The van der Waals surface area contributed by atoms with E-state index >= 15 is 0 Å². The standard InChI is InChI=1S/C39H44N4O.C33H39N3O.C27H34N2O/c1-38(2,3)35-24-27(25-36(37(35)44)39(4,5)6)26-40-28-12-14-30(15-13-28)42-32-20-22-34(23-21-32)43-33-18-16-31(17-19-33)41-29-10-8-7-9-11-29;1-32(2,3)29-20-23(21-30(31(29)37)33(4,5)6)22-34-24-12-14-26(15-13-24)36-28-18-16-27(17-19-28)35-25-10-8-7-9-11-25;1-26(2,3)23-16-19(17-24(25(23)30)27(4,5)6)18-28-20-12-14-22(15-13-20)29-21-10-8-7-9-11-21/h7-25,40-44H,26H2,1-6H3;7-21,34-37H,22H2,1-6H3;7-17,28-30H,18H2,1-6H3. The minimum atomic E-state index is -0.145. The first-order valence-corrected chi connectivity index (χ1v) is 38.7. The molecule has 0 aliphatic heterocycles. The minimum absolute atomic E-state index is 0.120. The van der Waals surface area contributed by atoms with Crippen molar-refractivity contribution in [3.63, 3.8) is 0 Å². The molecule has 0 bridgehead atoms. The van der Waals surface area contributed by atoms with Gasteiger partial charge in [0.1, 0.15) is 17.2 Å². The third-order valence-corrected chi connectivity index (χ3v) is 19.2. The quantitative estimate of drug-likeness (QED) is 0.0330. The van der Waals surface area contributed by atoms with Crippen LogP contribution >= 0.6 is 0 Å². The molecule has 12 rings (SSSR count). The zero-order valence-electron chi connectivity index (χ0n) is 68.4. The van der Waals surface area contributed by atoms with Gasteiger partial charge in [-0.3, -0.25) is 0 Å². The summed E-state index contributed by atoms with van der Waals surface area (Å²) in [4.78, 5) is 0. The van der Waals surface area contributed by atoms with E-state index in [2.05, 4.69) is 391 Å². The third-order valence-electron chi connectivity index (χ3n) is 19.2. The second-order valence-electron chi connectivity index (χ2n) is 35.0. The van der Waals surface area contributed by atoms with Crippen LogP contribution in [0.25, 0.3) is 0 Å². The lowest BCUT2D eigenvalue weighted by Gasteiger charge is -2.28. The summed E-state index contributed by atoms with van der Waals surface area (Å²) >= 11 is 0. The molecule has 0 amide bonds. The van der Waals surface area contributed by atoms with Crippen molar-refractivity contribution in [2.45, 2.75) is 177 Å². The second-order valence-corrected chi connectivity index (χ2v) is 35.0. The predicted molar refractivity (Wildman–Crippen MR) is 476 cm³/mol. The van der Waals surface area contributed by atoms with E-state index in [9.17, 15) is 15.3 Å². The Labute approximate surface area is 661 Å². The summed E-state index contributed by atoms with van der Waals surface area (Å²) in [6.07, 6.45) is 0. The summed E-state index contributed by atoms with van der Waals surface area (Å²) in [5.74, 6) is 1.26. The maximum absolute atomic E-state index is 11.0. The molecule has 12 N–H and O–H groups in total. The van der Waals surface area contributed by atoms with E-state index in [0.29, 0.717) is 36.9 Å². The molecule has 0 fully saturated rings. The van der Waals surface area contributed by atoms with Crippen LogP contribution in [0.2, 0.25) is 0 Å². The number of phenolic OH excluding ortho intramolecular Hbond substituents is 3. The lowest BCUT2D eigenvalue weighted by Crippen LogP contribution is -2.18. The summed E-state index contributed by atoms with van der Waals surface area (Å²) in [5, 5.41) is 64.1. The van der Waals surface area contributed by atoms with Crippen molar-refractivity contribution >= 4 is 85.3 Å². The minimum Gasteiger partial charge on any atom is -0.507 e. The maximum atomic E-state index is 11.0. The van der Waals surface area contributed by atoms with E-state index in [1.54, 1.807) is 0 Å². The van der Waals surface area contributed by atoms with Crippen molar-refractivity contribution in [3.8, 4) is 17.2 Å². The first-order chi connectivity index (χ1) is 52.5. The Morgan fingerprint density at radius 2 is 0.306 bits per heavy atom. The van der Waals surface area contributed by atoms with Gasteiger partial charge in [0.15, 0.2) is 0 Å². The molecular weight excluding hydrogens is 1360 g/mol. The van der Waals surface area contributed by atoms with E-state index in [1.165, 1.54) is 11.1 Å². The van der Waals surface area contributed by atoms with Gasteiger partial charge in [-0.25, -0.2) is 0 Å². The smallest absolute Gasteiger partial charge is 0.123 e. The zero-order valence-corrected chi connectivity index (χ0v) is 68.4. The normalized spacial score (nSPS) is 11.7. The van der Waals surface area contributed by atoms with Gasteiger partial charge in [-0.1, -0.05) is 179 Å². The van der Waals surface area contributed by atoms with Gasteiger partial charge in [0.2, 0.25) is 0 Å². The highest BCUT2D eigenvalue weighted by atomic mass is 16.3. The number of anilines is 15. The fraction of sp³-hybridized carbons (Fsp3) is 0.273. The van der Waals surface area contributed by atoms with E-state index in [1.807, 2.05) is 54.6 Å². The molecule has 0 atom stereocenters. The van der Waals surface area contributed by atoms with Crippen molar-refractivity contribution in [2.24, 2.45) is 0 Å². The largest absolute Gasteiger partial charge is 0.507 e. The summed E-state index contributed by atoms with van der Waals surface area (Å²) in [5.41, 5.74) is 24.3. The Hall–Kier alpha value is -11.8. The van der Waals surface area contributed by atoms with Crippen LogP contribution in [0, 0.1) is 0 Å². The van der Waals surface area contributed by atoms with Gasteiger partial charge in [0, 0.05) is 105 Å². The molecule has 0 heterocycles. The van der Waals surface area contributed by atoms with Gasteiger partial charge in [-0.2, -0.15) is 0 Å². The highest BCUT2D eigenvalue weighted by Gasteiger charge is 2.30. The number of para-hydroxylation sites is 3. The number of hydrogen-bond donors (Lipinski definition) is 12. The molecule has 0 saturated heterocycles. The van der Waals surface area contributed by atoms with Crippen LogP contribution in [0.4, 0.5) is 85.3 Å². The molecule has 12 aromatic carbocycles. The number of aromatic hydroxyl groups is 3. The van der Waals surface area contributed by atoms with Gasteiger partial charge in [-0.05, 0) is 301 Å². The number of nitrogens with one attached hydrogen (secondary N) is 9. The molecule has 576 valence electrons. The first-order valence-electron chi connectivity index (χ1n) is 38.7. The Morgan fingerprint density at radius 3 is 0.441 bits per heavy atom. The Bertz CT molecular complexity index is 4840. The lowest BCUT2D eigenvalue weighted by molar-refractivity contribution is 0.422. The van der Waals surface area contributed by atoms with Crippen molar-refractivity contribution in [3.05, 3.63) is 323 Å². The van der Waals surface area contributed by atoms with E-state index < -0.39 is 0 Å². The topological polar surface area (TPSA) is 169 Å². The monoisotopic (exact) mass is 1480 g/mol. The van der Waals surface area contributed by atoms with Gasteiger partial charge in [-0.15, -0.1) is 0 Å². The van der Waals surface area contributed by atoms with Crippen LogP contribution in [-0.2, 0) is 52.1 Å². The van der Waals surface area contributed by atoms with Crippen LogP contribution < -0.4 is 47.9 Å². The molecule has 0 aliphatic rings. The summed E-state index contributed by atoms with van der Waals surface area (Å²) in [7, 11) is 0. The molecule has 0 aromatic heterocycles. The summed E-state index contributed by atoms with van der Waals surface area (Å²) < 4.78 is 0. The maximum Gasteiger partial charge on any atom is 0.123 e. The third kappa shape index (κ3) is 23.9. The van der Waals surface area contributed by atoms with Crippen LogP contribution in [0.1, 0.15) is 175 Å². The SMILES string of the molecule is CC(C)(C)c1cc(CNc2ccc(Nc3ccc(Nc4ccc(Nc5ccccc5)cc4)cc3)cc2)cc(C(C)(C)C)c1O.CC(C)(C)c1cc(CNc2ccc(Nc3ccc(Nc4ccccc4)cc3)cc2)cc(C(C)(C)C)c1O.CC(C)(C)c1cc(CNc2ccc(Nc3ccccc3)cc2)cc(C(C)(C)C)c1O. The molecule has 0 radical (unpaired) electrons. The Kier molecular flexibility index (Phi) is 26.0. The highest BCUT2D eigenvalue weighted by Crippen LogP contribution is 2.44. The van der Waals surface area contributed by atoms with Crippen molar-refractivity contribution in [2.75, 3.05) is 47.9 Å². The molecule has 0 unspecified atom stereocenters. The highest BCUT2D eigenvalue weighted by molar-refractivity contribution is 5.71. The number of rotatable bonds is 21. The van der Waals surface area contributed by atoms with Gasteiger partial charge in [0.25, 0.3) is 0 Å². The van der Waals surface area contributed by atoms with Crippen LogP contribution in [-0.4, -0.2) is 15.3 Å². The molecule has 12 aromatic rings. The number of hydrogen-bond acceptors (Lipinski definition) is 12. The van der Waals surface area contributed by atoms with E-state index in [4.69, 9.17) is 0 Å². The summed E-state index contributed by atoms with van der Waals surface area (Å²) in [6, 6.07) is 93.1. The molecule has 12 nitrogen and oxygen atoms in total.